The summed E-state index contributed by atoms with van der Waals surface area (Å²) < 4.78 is 0. The van der Waals surface area contributed by atoms with Gasteiger partial charge >= 0.3 is 11.9 Å². The molecule has 6 N–H and O–H groups in total. The average Bonchev–Trinajstić information content (AvgIpc) is 2.31. The zero-order valence-electron chi connectivity index (χ0n) is 10.4. The first-order chi connectivity index (χ1) is 8.75. The number of hydrogen-bond acceptors (Lipinski definition) is 7. The first-order valence-electron chi connectivity index (χ1n) is 5.51. The van der Waals surface area contributed by atoms with Crippen LogP contribution in [0, 0.1) is 0 Å². The molecule has 0 radical (unpaired) electrons. The highest BCUT2D eigenvalue weighted by molar-refractivity contribution is 8.77. The van der Waals surface area contributed by atoms with Gasteiger partial charge in [0.25, 0.3) is 0 Å². The Morgan fingerprint density at radius 3 is 2.05 bits per heavy atom. The number of nitrogens with two attached hydrogens (primary N) is 2. The maximum Gasteiger partial charge on any atom is 0.320 e. The summed E-state index contributed by atoms with van der Waals surface area (Å²) in [7, 11) is 2.50. The molecule has 3 atom stereocenters. The van der Waals surface area contributed by atoms with E-state index in [0.717, 1.165) is 0 Å². The lowest BCUT2D eigenvalue weighted by Gasteiger charge is -2.15. The van der Waals surface area contributed by atoms with Crippen LogP contribution in [0.25, 0.3) is 0 Å². The third-order valence-corrected chi connectivity index (χ3v) is 5.15. The molecule has 0 saturated carbocycles. The Balaban J connectivity index is 4.06. The van der Waals surface area contributed by atoms with Gasteiger partial charge < -0.3 is 21.7 Å². The summed E-state index contributed by atoms with van der Waals surface area (Å²) in [6.45, 7) is 1.37. The van der Waals surface area contributed by atoms with E-state index in [9.17, 15) is 14.4 Å². The van der Waals surface area contributed by atoms with Gasteiger partial charge in [-0.05, 0) is 19.8 Å². The summed E-state index contributed by atoms with van der Waals surface area (Å²) in [5.41, 5.74) is 10.7. The lowest BCUT2D eigenvalue weighted by molar-refractivity contribution is -0.139. The molecule has 0 aromatic carbocycles. The molecule has 0 aliphatic carbocycles. The zero-order valence-corrected chi connectivity index (χ0v) is 12.1. The fourth-order valence-electron chi connectivity index (χ4n) is 1.03. The summed E-state index contributed by atoms with van der Waals surface area (Å²) in [5.74, 6) is -1.91. The molecular weight excluding hydrogens is 292 g/mol. The monoisotopic (exact) mass is 310 g/mol. The van der Waals surface area contributed by atoms with Crippen molar-refractivity contribution in [2.45, 2.75) is 37.1 Å². The fraction of sp³-hybridized carbons (Fsp3) is 0.700. The molecule has 0 saturated heterocycles. The molecule has 0 amide bonds. The van der Waals surface area contributed by atoms with Gasteiger partial charge in [0.15, 0.2) is 0 Å². The number of rotatable bonds is 10. The Morgan fingerprint density at radius 2 is 1.63 bits per heavy atom. The van der Waals surface area contributed by atoms with Crippen LogP contribution >= 0.6 is 21.6 Å². The maximum atomic E-state index is 11.3. The molecular formula is C10H18N2O5S2. The van der Waals surface area contributed by atoms with Crippen molar-refractivity contribution in [2.24, 2.45) is 11.5 Å². The standard InChI is InChI=1S/C10H18N2O5S2/c1-5(13)8(4-7(12)10(16)17)19-18-3-2-6(11)9(14)15/h6-8H,2-4,11-12H2,1H3,(H,14,15)(H,16,17)/t6-,7-,8?/m0/s1. The van der Waals surface area contributed by atoms with E-state index in [4.69, 9.17) is 21.7 Å². The van der Waals surface area contributed by atoms with Crippen molar-refractivity contribution in [1.82, 2.24) is 0 Å². The molecule has 0 rings (SSSR count). The molecule has 0 spiro atoms. The Hall–Kier alpha value is -0.770. The second-order valence-corrected chi connectivity index (χ2v) is 6.62. The van der Waals surface area contributed by atoms with Gasteiger partial charge in [-0.15, -0.1) is 0 Å². The molecule has 0 bridgehead atoms. The lowest BCUT2D eigenvalue weighted by atomic mass is 10.1. The number of hydrogen-bond donors (Lipinski definition) is 4. The van der Waals surface area contributed by atoms with Gasteiger partial charge in [-0.25, -0.2) is 0 Å². The molecule has 0 fully saturated rings. The van der Waals surface area contributed by atoms with Gasteiger partial charge in [0, 0.05) is 5.75 Å². The average molecular weight is 310 g/mol. The zero-order chi connectivity index (χ0) is 15.0. The van der Waals surface area contributed by atoms with E-state index in [1.807, 2.05) is 0 Å². The molecule has 0 aliphatic rings. The minimum atomic E-state index is -1.15. The number of ketones is 1. The summed E-state index contributed by atoms with van der Waals surface area (Å²) >= 11 is 0. The number of carbonyl (C=O) groups excluding carboxylic acids is 1. The SMILES string of the molecule is CC(=O)C(C[C@H](N)C(=O)O)SSCC[C@H](N)C(=O)O. The third-order valence-electron chi connectivity index (χ3n) is 2.25. The maximum absolute atomic E-state index is 11.3. The number of carbonyl (C=O) groups is 3. The van der Waals surface area contributed by atoms with E-state index >= 15 is 0 Å². The molecule has 0 heterocycles. The highest BCUT2D eigenvalue weighted by atomic mass is 33.1. The van der Waals surface area contributed by atoms with Crippen LogP contribution in [0.2, 0.25) is 0 Å². The molecule has 19 heavy (non-hydrogen) atoms. The minimum Gasteiger partial charge on any atom is -0.480 e. The first kappa shape index (κ1) is 18.2. The third kappa shape index (κ3) is 8.09. The van der Waals surface area contributed by atoms with Gasteiger partial charge in [-0.1, -0.05) is 21.6 Å². The largest absolute Gasteiger partial charge is 0.480 e. The number of Topliss-reactive ketones (excluding diaryl/α,β-unsaturated/α-hetero) is 1. The van der Waals surface area contributed by atoms with Crippen LogP contribution in [0.5, 0.6) is 0 Å². The van der Waals surface area contributed by atoms with Crippen molar-refractivity contribution in [1.29, 1.82) is 0 Å². The molecule has 0 aromatic heterocycles. The van der Waals surface area contributed by atoms with Crippen molar-refractivity contribution < 1.29 is 24.6 Å². The second-order valence-electron chi connectivity index (χ2n) is 3.93. The van der Waals surface area contributed by atoms with E-state index in [1.165, 1.54) is 28.5 Å². The summed E-state index contributed by atoms with van der Waals surface area (Å²) in [6.07, 6.45) is 0.329. The van der Waals surface area contributed by atoms with Crippen LogP contribution in [0.1, 0.15) is 19.8 Å². The van der Waals surface area contributed by atoms with Gasteiger partial charge in [-0.2, -0.15) is 0 Å². The quantitative estimate of drug-likeness (QED) is 0.322. The van der Waals surface area contributed by atoms with Crippen LogP contribution in [0.15, 0.2) is 0 Å². The van der Waals surface area contributed by atoms with Gasteiger partial charge in [-0.3, -0.25) is 14.4 Å². The number of carboxylic acids is 2. The van der Waals surface area contributed by atoms with Crippen molar-refractivity contribution in [3.63, 3.8) is 0 Å². The summed E-state index contributed by atoms with van der Waals surface area (Å²) in [6, 6.07) is -2.01. The molecule has 1 unspecified atom stereocenters. The summed E-state index contributed by atoms with van der Waals surface area (Å²) in [4.78, 5) is 32.4. The Labute approximate surface area is 118 Å². The lowest BCUT2D eigenvalue weighted by Crippen LogP contribution is -2.35. The minimum absolute atomic E-state index is 0.0489. The van der Waals surface area contributed by atoms with Crippen molar-refractivity contribution in [3.05, 3.63) is 0 Å². The Morgan fingerprint density at radius 1 is 1.11 bits per heavy atom. The molecule has 9 heteroatoms. The number of carboxylic acid groups (broad SMARTS) is 2. The van der Waals surface area contributed by atoms with E-state index in [-0.39, 0.29) is 18.6 Å². The van der Waals surface area contributed by atoms with E-state index in [0.29, 0.717) is 5.75 Å². The van der Waals surface area contributed by atoms with Gasteiger partial charge in [0.05, 0.1) is 5.25 Å². The highest BCUT2D eigenvalue weighted by Gasteiger charge is 2.23. The van der Waals surface area contributed by atoms with E-state index in [2.05, 4.69) is 0 Å². The second kappa shape index (κ2) is 9.18. The highest BCUT2D eigenvalue weighted by Crippen LogP contribution is 2.30. The molecule has 110 valence electrons. The Kier molecular flexibility index (Phi) is 8.81. The predicted molar refractivity (Wildman–Crippen MR) is 75.0 cm³/mol. The molecule has 0 aromatic rings. The number of aliphatic carboxylic acids is 2. The predicted octanol–water partition coefficient (Wildman–Crippen LogP) is -0.0706. The van der Waals surface area contributed by atoms with Gasteiger partial charge in [0.2, 0.25) is 0 Å². The topological polar surface area (TPSA) is 144 Å². The molecule has 7 nitrogen and oxygen atoms in total. The van der Waals surface area contributed by atoms with E-state index < -0.39 is 29.3 Å². The first-order valence-corrected chi connectivity index (χ1v) is 7.89. The normalized spacial score (nSPS) is 15.5. The Bertz CT molecular complexity index is 340. The van der Waals surface area contributed by atoms with Crippen LogP contribution in [0.4, 0.5) is 0 Å². The van der Waals surface area contributed by atoms with Crippen LogP contribution in [0.3, 0.4) is 0 Å². The van der Waals surface area contributed by atoms with Crippen molar-refractivity contribution >= 4 is 39.3 Å². The van der Waals surface area contributed by atoms with Gasteiger partial charge in [0.1, 0.15) is 17.9 Å². The van der Waals surface area contributed by atoms with Crippen molar-refractivity contribution in [3.8, 4) is 0 Å². The fourth-order valence-corrected chi connectivity index (χ4v) is 3.78. The van der Waals surface area contributed by atoms with Crippen LogP contribution < -0.4 is 11.5 Å². The molecule has 0 aliphatic heterocycles. The smallest absolute Gasteiger partial charge is 0.320 e. The van der Waals surface area contributed by atoms with Crippen LogP contribution in [-0.2, 0) is 14.4 Å². The van der Waals surface area contributed by atoms with Crippen LogP contribution in [-0.4, -0.2) is 51.0 Å². The van der Waals surface area contributed by atoms with Crippen molar-refractivity contribution in [2.75, 3.05) is 5.75 Å². The van der Waals surface area contributed by atoms with E-state index in [1.54, 1.807) is 0 Å². The summed E-state index contributed by atoms with van der Waals surface area (Å²) in [5, 5.41) is 16.7.